The molecule has 0 radical (unpaired) electrons. The first-order chi connectivity index (χ1) is 23.4. The molecule has 2 heterocycles. The molecule has 7 rings (SSSR count). The summed E-state index contributed by atoms with van der Waals surface area (Å²) >= 11 is 0. The quantitative estimate of drug-likeness (QED) is 0.0638. The average molecular weight is 643 g/mol. The molecule has 4 atom stereocenters. The van der Waals surface area contributed by atoms with Crippen molar-refractivity contribution in [1.29, 1.82) is 0 Å². The highest BCUT2D eigenvalue weighted by Gasteiger charge is 2.57. The van der Waals surface area contributed by atoms with Gasteiger partial charge in [0.15, 0.2) is 0 Å². The Hall–Kier alpha value is -5.54. The second-order valence-corrected chi connectivity index (χ2v) is 12.4. The molecule has 0 bridgehead atoms. The molecule has 242 valence electrons. The van der Waals surface area contributed by atoms with Crippen LogP contribution >= 0.6 is 0 Å². The Morgan fingerprint density at radius 1 is 0.917 bits per heavy atom. The summed E-state index contributed by atoms with van der Waals surface area (Å²) in [6.07, 6.45) is 3.41. The normalized spacial score (nSPS) is 22.1. The highest BCUT2D eigenvalue weighted by Crippen LogP contribution is 2.51. The molecule has 2 fully saturated rings. The maximum absolute atomic E-state index is 14.0. The van der Waals surface area contributed by atoms with Crippen molar-refractivity contribution in [1.82, 2.24) is 0 Å². The lowest BCUT2D eigenvalue weighted by Crippen LogP contribution is -2.35. The summed E-state index contributed by atoms with van der Waals surface area (Å²) in [4.78, 5) is 40.0. The molecule has 0 saturated carbocycles. The van der Waals surface area contributed by atoms with Crippen molar-refractivity contribution in [3.8, 4) is 11.5 Å². The van der Waals surface area contributed by atoms with Crippen LogP contribution in [0, 0.1) is 27.9 Å². The Kier molecular flexibility index (Phi) is 8.61. The molecule has 0 spiro atoms. The predicted molar refractivity (Wildman–Crippen MR) is 181 cm³/mol. The van der Waals surface area contributed by atoms with Crippen molar-refractivity contribution in [2.75, 3.05) is 18.1 Å². The average Bonchev–Trinajstić information content (AvgIpc) is 3.64. The van der Waals surface area contributed by atoms with Gasteiger partial charge in [0.2, 0.25) is 11.8 Å². The van der Waals surface area contributed by atoms with Gasteiger partial charge in [-0.2, -0.15) is 0 Å². The maximum Gasteiger partial charge on any atom is 0.271 e. The molecule has 9 heteroatoms. The lowest BCUT2D eigenvalue weighted by molar-refractivity contribution is -0.384. The van der Waals surface area contributed by atoms with Gasteiger partial charge in [0.25, 0.3) is 5.69 Å². The van der Waals surface area contributed by atoms with Crippen LogP contribution in [0.3, 0.4) is 0 Å². The number of rotatable bonds is 10. The molecule has 2 aliphatic heterocycles. The standard InChI is InChI=1S/C39H34N2O7/c42-31-14-7-9-25(20-31)19-27(26-10-3-1-4-11-26)17-18-35-36-28(23-47-32-15-5-2-6-16-32)21-33-37(34(36)24-48-35)39(44)40(38(33)43)29-12-8-13-30(22-29)41(45)46/h1-16,19-20,22,33-35,37,42H,17-18,21,23-24H2/b27-19-/t33-,34+,35-,37-/m1/s1. The first-order valence-electron chi connectivity index (χ1n) is 16.1. The van der Waals surface area contributed by atoms with Crippen LogP contribution in [-0.2, 0) is 14.3 Å². The second-order valence-electron chi connectivity index (χ2n) is 12.4. The number of carbonyl (C=O) groups is 2. The molecule has 1 aliphatic carbocycles. The molecule has 2 saturated heterocycles. The van der Waals surface area contributed by atoms with Crippen LogP contribution in [0.1, 0.15) is 30.4 Å². The third-order valence-electron chi connectivity index (χ3n) is 9.49. The van der Waals surface area contributed by atoms with E-state index in [4.69, 9.17) is 9.47 Å². The van der Waals surface area contributed by atoms with E-state index in [1.807, 2.05) is 60.7 Å². The van der Waals surface area contributed by atoms with E-state index < -0.39 is 16.8 Å². The van der Waals surface area contributed by atoms with Crippen molar-refractivity contribution in [3.63, 3.8) is 0 Å². The van der Waals surface area contributed by atoms with E-state index in [1.54, 1.807) is 18.2 Å². The van der Waals surface area contributed by atoms with E-state index >= 15 is 0 Å². The van der Waals surface area contributed by atoms with Gasteiger partial charge in [-0.15, -0.1) is 0 Å². The molecular weight excluding hydrogens is 608 g/mol. The number of nitrogens with zero attached hydrogens (tertiary/aromatic N) is 2. The summed E-state index contributed by atoms with van der Waals surface area (Å²) in [5.74, 6) is -1.38. The van der Waals surface area contributed by atoms with E-state index in [1.165, 1.54) is 18.2 Å². The summed E-state index contributed by atoms with van der Waals surface area (Å²) in [5.41, 5.74) is 5.01. The first kappa shape index (κ1) is 31.1. The molecule has 3 aliphatic rings. The molecule has 48 heavy (non-hydrogen) atoms. The number of anilines is 1. The Bertz CT molecular complexity index is 1920. The van der Waals surface area contributed by atoms with Crippen molar-refractivity contribution < 1.29 is 29.1 Å². The Morgan fingerprint density at radius 3 is 2.42 bits per heavy atom. The zero-order chi connectivity index (χ0) is 33.2. The van der Waals surface area contributed by atoms with Gasteiger partial charge in [0.1, 0.15) is 18.1 Å². The number of nitro groups is 1. The fourth-order valence-corrected chi connectivity index (χ4v) is 7.35. The Balaban J connectivity index is 1.20. The van der Waals surface area contributed by atoms with Crippen molar-refractivity contribution >= 4 is 34.8 Å². The van der Waals surface area contributed by atoms with Crippen LogP contribution in [0.15, 0.2) is 120 Å². The van der Waals surface area contributed by atoms with Crippen LogP contribution < -0.4 is 9.64 Å². The van der Waals surface area contributed by atoms with Crippen molar-refractivity contribution in [2.45, 2.75) is 25.4 Å². The van der Waals surface area contributed by atoms with Gasteiger partial charge in [0.05, 0.1) is 35.2 Å². The number of hydrogen-bond donors (Lipinski definition) is 1. The van der Waals surface area contributed by atoms with Gasteiger partial charge in [0, 0.05) is 18.1 Å². The smallest absolute Gasteiger partial charge is 0.271 e. The van der Waals surface area contributed by atoms with E-state index in [0.29, 0.717) is 25.0 Å². The van der Waals surface area contributed by atoms with Gasteiger partial charge in [-0.25, -0.2) is 4.90 Å². The lowest BCUT2D eigenvalue weighted by atomic mass is 9.69. The number of non-ortho nitro benzene ring substituents is 1. The zero-order valence-electron chi connectivity index (χ0n) is 26.1. The number of phenols is 1. The molecule has 4 aromatic carbocycles. The van der Waals surface area contributed by atoms with Gasteiger partial charge in [-0.3, -0.25) is 19.7 Å². The number of allylic oxidation sites excluding steroid dienone is 1. The number of ether oxygens (including phenoxy) is 2. The maximum atomic E-state index is 14.0. The van der Waals surface area contributed by atoms with Gasteiger partial charge < -0.3 is 14.6 Å². The predicted octanol–water partition coefficient (Wildman–Crippen LogP) is 7.22. The van der Waals surface area contributed by atoms with Crippen LogP contribution in [0.5, 0.6) is 11.5 Å². The summed E-state index contributed by atoms with van der Waals surface area (Å²) in [7, 11) is 0. The van der Waals surface area contributed by atoms with Gasteiger partial charge in [-0.05, 0) is 77.4 Å². The molecule has 0 unspecified atom stereocenters. The summed E-state index contributed by atoms with van der Waals surface area (Å²) < 4.78 is 12.7. The minimum Gasteiger partial charge on any atom is -0.508 e. The largest absolute Gasteiger partial charge is 0.508 e. The topological polar surface area (TPSA) is 119 Å². The van der Waals surface area contributed by atoms with Gasteiger partial charge >= 0.3 is 0 Å². The highest BCUT2D eigenvalue weighted by atomic mass is 16.6. The summed E-state index contributed by atoms with van der Waals surface area (Å²) in [6.45, 7) is 0.538. The number of imide groups is 1. The SMILES string of the molecule is O=C1[C@@H]2[C@@H](CC(COc3ccccc3)=C3[C@@H](CC/C(=C/c4cccc(O)c4)c4ccccc4)OC[C@@H]32)C(=O)N1c1cccc([N+](=O)[O-])c1. The molecule has 4 aromatic rings. The van der Waals surface area contributed by atoms with E-state index in [0.717, 1.165) is 32.7 Å². The van der Waals surface area contributed by atoms with Crippen LogP contribution in [0.2, 0.25) is 0 Å². The zero-order valence-corrected chi connectivity index (χ0v) is 26.1. The van der Waals surface area contributed by atoms with Crippen LogP contribution in [0.4, 0.5) is 11.4 Å². The van der Waals surface area contributed by atoms with E-state index in [9.17, 15) is 24.8 Å². The molecule has 9 nitrogen and oxygen atoms in total. The summed E-state index contributed by atoms with van der Waals surface area (Å²) in [5, 5.41) is 21.6. The third-order valence-corrected chi connectivity index (χ3v) is 9.49. The van der Waals surface area contributed by atoms with Crippen molar-refractivity contribution in [3.05, 3.63) is 142 Å². The number of nitro benzene ring substituents is 1. The number of hydrogen-bond acceptors (Lipinski definition) is 7. The minimum atomic E-state index is -0.631. The fraction of sp³-hybridized carbons (Fsp3) is 0.231. The van der Waals surface area contributed by atoms with Crippen LogP contribution in [-0.4, -0.2) is 41.2 Å². The number of phenolic OH excluding ortho intramolecular Hbond substituents is 1. The Labute approximate surface area is 277 Å². The minimum absolute atomic E-state index is 0.184. The second kappa shape index (κ2) is 13.3. The lowest BCUT2D eigenvalue weighted by Gasteiger charge is -2.31. The molecule has 2 amide bonds. The first-order valence-corrected chi connectivity index (χ1v) is 16.1. The monoisotopic (exact) mass is 642 g/mol. The Morgan fingerprint density at radius 2 is 1.67 bits per heavy atom. The van der Waals surface area contributed by atoms with E-state index in [-0.39, 0.29) is 54.2 Å². The third kappa shape index (κ3) is 6.12. The number of fused-ring (bicyclic) bond motifs is 3. The fourth-order valence-electron chi connectivity index (χ4n) is 7.35. The molecule has 0 aromatic heterocycles. The van der Waals surface area contributed by atoms with E-state index in [2.05, 4.69) is 18.2 Å². The summed E-state index contributed by atoms with van der Waals surface area (Å²) in [6, 6.07) is 32.3. The number of para-hydroxylation sites is 1. The highest BCUT2D eigenvalue weighted by molar-refractivity contribution is 6.22. The molecular formula is C39H34N2O7. The van der Waals surface area contributed by atoms with Crippen molar-refractivity contribution in [2.24, 2.45) is 17.8 Å². The number of carbonyl (C=O) groups excluding carboxylic acids is 2. The number of aromatic hydroxyl groups is 1. The molecule has 1 N–H and O–H groups in total. The van der Waals surface area contributed by atoms with Gasteiger partial charge in [-0.1, -0.05) is 72.8 Å². The van der Waals surface area contributed by atoms with Crippen LogP contribution in [0.25, 0.3) is 11.6 Å². The number of amides is 2. The number of benzene rings is 4.